The van der Waals surface area contributed by atoms with Crippen LogP contribution in [0.3, 0.4) is 0 Å². The van der Waals surface area contributed by atoms with Crippen LogP contribution in [0.2, 0.25) is 0 Å². The van der Waals surface area contributed by atoms with Gasteiger partial charge in [0.15, 0.2) is 5.78 Å². The van der Waals surface area contributed by atoms with E-state index < -0.39 is 0 Å². The van der Waals surface area contributed by atoms with Crippen molar-refractivity contribution in [2.45, 2.75) is 6.42 Å². The number of aliphatic hydroxyl groups is 1. The lowest BCUT2D eigenvalue weighted by atomic mass is 10.2. The Hall–Kier alpha value is -1.12. The highest BCUT2D eigenvalue weighted by atomic mass is 16.3. The van der Waals surface area contributed by atoms with Gasteiger partial charge in [-0.25, -0.2) is 4.99 Å². The summed E-state index contributed by atoms with van der Waals surface area (Å²) in [5, 5.41) is 8.54. The Bertz CT molecular complexity index is 167. The van der Waals surface area contributed by atoms with Gasteiger partial charge in [-0.3, -0.25) is 4.79 Å². The zero-order valence-electron chi connectivity index (χ0n) is 4.16. The third-order valence-electron chi connectivity index (χ3n) is 0.827. The molecule has 1 N–H and O–H groups in total. The van der Waals surface area contributed by atoms with Crippen molar-refractivity contribution in [2.24, 2.45) is 4.99 Å². The number of hydrogen-bond acceptors (Lipinski definition) is 3. The smallest absolute Gasteiger partial charge is 0.207 e. The number of Topliss-reactive ketones (excluding diaryl/α,β-unsaturated/α-hetero) is 1. The molecule has 0 aliphatic carbocycles. The molecule has 0 amide bonds. The van der Waals surface area contributed by atoms with Crippen LogP contribution in [0.4, 0.5) is 0 Å². The van der Waals surface area contributed by atoms with Gasteiger partial charge in [0.1, 0.15) is 0 Å². The summed E-state index contributed by atoms with van der Waals surface area (Å²) < 4.78 is 0. The van der Waals surface area contributed by atoms with Crippen LogP contribution in [0.25, 0.3) is 0 Å². The summed E-state index contributed by atoms with van der Waals surface area (Å²) in [5.41, 5.74) is 0. The highest BCUT2D eigenvalue weighted by Gasteiger charge is 2.00. The summed E-state index contributed by atoms with van der Waals surface area (Å²) in [7, 11) is 0. The minimum Gasteiger partial charge on any atom is -0.493 e. The molecule has 0 bridgehead atoms. The molecular formula is C5H5NO2. The van der Waals surface area contributed by atoms with E-state index >= 15 is 0 Å². The molecular weight excluding hydrogens is 106 g/mol. The fraction of sp³-hybridized carbons (Fsp3) is 0.200. The monoisotopic (exact) mass is 111 g/mol. The standard InChI is InChI=1S/C5H5NO2/c7-4-1-2-5(8)6-3-4/h2-3,8H,1H2. The Balaban J connectivity index is 2.71. The SMILES string of the molecule is O=C1C=NC(O)=CC1. The maximum Gasteiger partial charge on any atom is 0.207 e. The Morgan fingerprint density at radius 1 is 1.75 bits per heavy atom. The van der Waals surface area contributed by atoms with Crippen molar-refractivity contribution in [3.05, 3.63) is 12.0 Å². The number of aliphatic hydroxyl groups excluding tert-OH is 1. The van der Waals surface area contributed by atoms with Gasteiger partial charge in [-0.05, 0) is 6.08 Å². The number of allylic oxidation sites excluding steroid dienone is 1. The van der Waals surface area contributed by atoms with Gasteiger partial charge < -0.3 is 5.11 Å². The normalized spacial score (nSPS) is 18.5. The Kier molecular flexibility index (Phi) is 1.12. The summed E-state index contributed by atoms with van der Waals surface area (Å²) in [6.45, 7) is 0. The minimum atomic E-state index is -0.0669. The number of hydrogen-bond donors (Lipinski definition) is 1. The van der Waals surface area contributed by atoms with E-state index in [-0.39, 0.29) is 18.1 Å². The molecule has 0 saturated carbocycles. The van der Waals surface area contributed by atoms with Gasteiger partial charge in [0.2, 0.25) is 5.88 Å². The van der Waals surface area contributed by atoms with Crippen molar-refractivity contribution in [2.75, 3.05) is 0 Å². The largest absolute Gasteiger partial charge is 0.493 e. The Labute approximate surface area is 46.4 Å². The summed E-state index contributed by atoms with van der Waals surface area (Å²) in [4.78, 5) is 13.7. The van der Waals surface area contributed by atoms with E-state index in [0.717, 1.165) is 6.21 Å². The second-order valence-corrected chi connectivity index (χ2v) is 1.49. The minimum absolute atomic E-state index is 0.0652. The van der Waals surface area contributed by atoms with E-state index in [1.807, 2.05) is 0 Å². The van der Waals surface area contributed by atoms with Gasteiger partial charge in [-0.2, -0.15) is 0 Å². The highest BCUT2D eigenvalue weighted by Crippen LogP contribution is 1.98. The van der Waals surface area contributed by atoms with Crippen LogP contribution in [0.5, 0.6) is 0 Å². The van der Waals surface area contributed by atoms with E-state index in [1.54, 1.807) is 0 Å². The van der Waals surface area contributed by atoms with Crippen molar-refractivity contribution < 1.29 is 9.90 Å². The second-order valence-electron chi connectivity index (χ2n) is 1.49. The molecule has 0 aromatic carbocycles. The van der Waals surface area contributed by atoms with Crippen LogP contribution in [0, 0.1) is 0 Å². The topological polar surface area (TPSA) is 49.7 Å². The summed E-state index contributed by atoms with van der Waals surface area (Å²) in [6, 6.07) is 0. The molecule has 1 aliphatic heterocycles. The van der Waals surface area contributed by atoms with Gasteiger partial charge in [0.05, 0.1) is 6.21 Å². The van der Waals surface area contributed by atoms with Gasteiger partial charge in [0, 0.05) is 6.42 Å². The zero-order chi connectivity index (χ0) is 5.98. The molecule has 3 nitrogen and oxygen atoms in total. The third-order valence-corrected chi connectivity index (χ3v) is 0.827. The van der Waals surface area contributed by atoms with E-state index in [2.05, 4.69) is 4.99 Å². The lowest BCUT2D eigenvalue weighted by Gasteiger charge is -1.94. The molecule has 8 heavy (non-hydrogen) atoms. The molecule has 42 valence electrons. The predicted octanol–water partition coefficient (Wildman–Crippen LogP) is 0.429. The molecule has 0 saturated heterocycles. The molecule has 1 heterocycles. The Morgan fingerprint density at radius 3 is 2.88 bits per heavy atom. The summed E-state index contributed by atoms with van der Waals surface area (Å²) in [5.74, 6) is -0.132. The lowest BCUT2D eigenvalue weighted by molar-refractivity contribution is -0.112. The van der Waals surface area contributed by atoms with Crippen LogP contribution in [-0.4, -0.2) is 17.1 Å². The van der Waals surface area contributed by atoms with Gasteiger partial charge in [0.25, 0.3) is 0 Å². The first-order valence-corrected chi connectivity index (χ1v) is 2.25. The maximum absolute atomic E-state index is 10.3. The number of carbonyl (C=O) groups excluding carboxylic acids is 1. The fourth-order valence-corrected chi connectivity index (χ4v) is 0.435. The number of ketones is 1. The summed E-state index contributed by atoms with van der Waals surface area (Å²) >= 11 is 0. The summed E-state index contributed by atoms with van der Waals surface area (Å²) in [6.07, 6.45) is 2.77. The average Bonchev–Trinajstić information content (AvgIpc) is 1.77. The zero-order valence-corrected chi connectivity index (χ0v) is 4.16. The van der Waals surface area contributed by atoms with E-state index in [9.17, 15) is 4.79 Å². The van der Waals surface area contributed by atoms with Crippen LogP contribution in [0.1, 0.15) is 6.42 Å². The quantitative estimate of drug-likeness (QED) is 0.492. The number of aliphatic imine (C=N–C) groups is 1. The Morgan fingerprint density at radius 2 is 2.50 bits per heavy atom. The number of carbonyl (C=O) groups is 1. The van der Waals surface area contributed by atoms with Gasteiger partial charge in [-0.1, -0.05) is 0 Å². The second kappa shape index (κ2) is 1.78. The van der Waals surface area contributed by atoms with Crippen molar-refractivity contribution in [3.8, 4) is 0 Å². The molecule has 0 unspecified atom stereocenters. The predicted molar refractivity (Wildman–Crippen MR) is 28.8 cm³/mol. The van der Waals surface area contributed by atoms with Crippen LogP contribution >= 0.6 is 0 Å². The molecule has 1 rings (SSSR count). The molecule has 3 heteroatoms. The average molecular weight is 111 g/mol. The first kappa shape index (κ1) is 5.03. The lowest BCUT2D eigenvalue weighted by Crippen LogP contribution is -2.01. The first-order valence-electron chi connectivity index (χ1n) is 2.25. The van der Waals surface area contributed by atoms with Gasteiger partial charge >= 0.3 is 0 Å². The van der Waals surface area contributed by atoms with Crippen molar-refractivity contribution in [1.29, 1.82) is 0 Å². The van der Waals surface area contributed by atoms with E-state index in [0.29, 0.717) is 0 Å². The van der Waals surface area contributed by atoms with Crippen LogP contribution < -0.4 is 0 Å². The van der Waals surface area contributed by atoms with Crippen molar-refractivity contribution >= 4 is 12.0 Å². The molecule has 0 aromatic heterocycles. The van der Waals surface area contributed by atoms with Crippen molar-refractivity contribution in [3.63, 3.8) is 0 Å². The van der Waals surface area contributed by atoms with Crippen LogP contribution in [0.15, 0.2) is 17.0 Å². The number of nitrogens with zero attached hydrogens (tertiary/aromatic N) is 1. The molecule has 0 fully saturated rings. The van der Waals surface area contributed by atoms with E-state index in [1.165, 1.54) is 6.08 Å². The van der Waals surface area contributed by atoms with E-state index in [4.69, 9.17) is 5.11 Å². The molecule has 1 aliphatic rings. The molecule has 0 radical (unpaired) electrons. The highest BCUT2D eigenvalue weighted by molar-refractivity contribution is 6.28. The van der Waals surface area contributed by atoms with Gasteiger partial charge in [-0.15, -0.1) is 0 Å². The number of rotatable bonds is 0. The third kappa shape index (κ3) is 0.932. The maximum atomic E-state index is 10.3. The first-order chi connectivity index (χ1) is 3.79. The molecule has 0 aromatic rings. The van der Waals surface area contributed by atoms with Crippen LogP contribution in [-0.2, 0) is 4.79 Å². The molecule has 0 spiro atoms. The van der Waals surface area contributed by atoms with Crippen molar-refractivity contribution in [1.82, 2.24) is 0 Å². The molecule has 0 atom stereocenters. The fourth-order valence-electron chi connectivity index (χ4n) is 0.435.